The average Bonchev–Trinajstić information content (AvgIpc) is 2.75. The van der Waals surface area contributed by atoms with E-state index in [-0.39, 0.29) is 5.91 Å². The van der Waals surface area contributed by atoms with Crippen LogP contribution in [-0.4, -0.2) is 33.9 Å². The van der Waals surface area contributed by atoms with Crippen LogP contribution in [0.3, 0.4) is 0 Å². The van der Waals surface area contributed by atoms with Crippen LogP contribution in [0.4, 0.5) is 11.6 Å². The largest absolute Gasteiger partial charge is 0.335 e. The molecular weight excluding hydrogens is 372 g/mol. The van der Waals surface area contributed by atoms with Gasteiger partial charge in [0.2, 0.25) is 5.95 Å². The second kappa shape index (κ2) is 8.23. The molecule has 6 heteroatoms. The smallest absolute Gasteiger partial charge is 0.254 e. The molecule has 0 unspecified atom stereocenters. The van der Waals surface area contributed by atoms with Crippen LogP contribution in [0.25, 0.3) is 11.3 Å². The van der Waals surface area contributed by atoms with Gasteiger partial charge < -0.3 is 10.2 Å². The lowest BCUT2D eigenvalue weighted by Crippen LogP contribution is -2.33. The van der Waals surface area contributed by atoms with Crippen molar-refractivity contribution >= 4 is 29.1 Å². The lowest BCUT2D eigenvalue weighted by molar-refractivity contribution is 0.0771. The maximum atomic E-state index is 12.5. The van der Waals surface area contributed by atoms with Crippen molar-refractivity contribution in [1.82, 2.24) is 14.9 Å². The van der Waals surface area contributed by atoms with E-state index in [0.717, 1.165) is 29.9 Å². The van der Waals surface area contributed by atoms with Gasteiger partial charge >= 0.3 is 0 Å². The summed E-state index contributed by atoms with van der Waals surface area (Å²) >= 11 is 5.95. The van der Waals surface area contributed by atoms with E-state index in [2.05, 4.69) is 21.4 Å². The first-order chi connectivity index (χ1) is 13.7. The van der Waals surface area contributed by atoms with Crippen LogP contribution in [0.1, 0.15) is 16.8 Å². The molecule has 1 N–H and O–H groups in total. The zero-order valence-corrected chi connectivity index (χ0v) is 15.9. The zero-order valence-electron chi connectivity index (χ0n) is 15.2. The minimum atomic E-state index is 0.0527. The molecule has 0 spiro atoms. The molecule has 28 heavy (non-hydrogen) atoms. The summed E-state index contributed by atoms with van der Waals surface area (Å²) in [6.45, 7) is 1.44. The highest BCUT2D eigenvalue weighted by Gasteiger charge is 2.15. The maximum absolute atomic E-state index is 12.5. The Balaban J connectivity index is 1.47. The highest BCUT2D eigenvalue weighted by atomic mass is 35.5. The number of halogens is 1. The first kappa shape index (κ1) is 18.2. The summed E-state index contributed by atoms with van der Waals surface area (Å²) in [5, 5.41) is 3.87. The number of hydrogen-bond acceptors (Lipinski definition) is 4. The molecule has 1 amide bonds. The number of carbonyl (C=O) groups excluding carboxylic acids is 1. The second-order valence-corrected chi connectivity index (χ2v) is 6.92. The van der Waals surface area contributed by atoms with Crippen LogP contribution in [0.5, 0.6) is 0 Å². The number of nitrogens with zero attached hydrogens (tertiary/aromatic N) is 3. The van der Waals surface area contributed by atoms with E-state index < -0.39 is 0 Å². The number of hydrogen-bond donors (Lipinski definition) is 1. The monoisotopic (exact) mass is 390 g/mol. The Morgan fingerprint density at radius 2 is 1.79 bits per heavy atom. The Labute approximate surface area is 168 Å². The molecule has 1 aliphatic heterocycles. The highest BCUT2D eigenvalue weighted by Crippen LogP contribution is 2.22. The third kappa shape index (κ3) is 4.21. The van der Waals surface area contributed by atoms with E-state index in [1.54, 1.807) is 6.20 Å². The third-order valence-electron chi connectivity index (χ3n) is 4.53. The molecule has 0 radical (unpaired) electrons. The van der Waals surface area contributed by atoms with Crippen LogP contribution < -0.4 is 5.32 Å². The highest BCUT2D eigenvalue weighted by molar-refractivity contribution is 6.30. The normalized spacial score (nSPS) is 13.4. The molecule has 4 rings (SSSR count). The average molecular weight is 391 g/mol. The number of benzene rings is 2. The predicted molar refractivity (Wildman–Crippen MR) is 112 cm³/mol. The van der Waals surface area contributed by atoms with E-state index in [0.29, 0.717) is 23.1 Å². The van der Waals surface area contributed by atoms with E-state index in [9.17, 15) is 4.79 Å². The fraction of sp³-hybridized carbons (Fsp3) is 0.136. The molecule has 140 valence electrons. The minimum Gasteiger partial charge on any atom is -0.335 e. The van der Waals surface area contributed by atoms with Crippen LogP contribution >= 0.6 is 11.6 Å². The lowest BCUT2D eigenvalue weighted by Gasteiger charge is -2.23. The van der Waals surface area contributed by atoms with Crippen LogP contribution in [-0.2, 0) is 0 Å². The zero-order chi connectivity index (χ0) is 19.3. The van der Waals surface area contributed by atoms with Gasteiger partial charge in [-0.1, -0.05) is 35.9 Å². The van der Waals surface area contributed by atoms with Crippen LogP contribution in [0.2, 0.25) is 5.02 Å². The van der Waals surface area contributed by atoms with Gasteiger partial charge in [0.15, 0.2) is 0 Å². The second-order valence-electron chi connectivity index (χ2n) is 6.49. The molecule has 0 bridgehead atoms. The van der Waals surface area contributed by atoms with Crippen molar-refractivity contribution in [2.75, 3.05) is 18.4 Å². The van der Waals surface area contributed by atoms with Gasteiger partial charge in [0.1, 0.15) is 0 Å². The number of aromatic nitrogens is 2. The predicted octanol–water partition coefficient (Wildman–Crippen LogP) is 4.94. The molecule has 0 saturated carbocycles. The summed E-state index contributed by atoms with van der Waals surface area (Å²) < 4.78 is 0. The first-order valence-corrected chi connectivity index (χ1v) is 9.47. The third-order valence-corrected chi connectivity index (χ3v) is 4.78. The van der Waals surface area contributed by atoms with E-state index in [4.69, 9.17) is 11.6 Å². The molecule has 0 atom stereocenters. The first-order valence-electron chi connectivity index (χ1n) is 9.09. The number of rotatable bonds is 4. The Bertz CT molecular complexity index is 1000. The number of nitrogens with one attached hydrogen (secondary N) is 1. The molecule has 0 saturated heterocycles. The SMILES string of the molecule is O=C(c1ccc(Nc2nccc(-c3ccc(Cl)cc3)n2)cc1)N1CC=CCC1. The minimum absolute atomic E-state index is 0.0527. The van der Waals surface area contributed by atoms with Gasteiger partial charge in [-0.15, -0.1) is 0 Å². The summed E-state index contributed by atoms with van der Waals surface area (Å²) in [5.74, 6) is 0.546. The Morgan fingerprint density at radius 1 is 1.00 bits per heavy atom. The molecule has 2 aromatic carbocycles. The molecular formula is C22H19ClN4O. The van der Waals surface area contributed by atoms with Gasteiger partial charge in [-0.3, -0.25) is 4.79 Å². The van der Waals surface area contributed by atoms with Gasteiger partial charge in [-0.05, 0) is 48.9 Å². The number of anilines is 2. The Hall–Kier alpha value is -3.18. The van der Waals surface area contributed by atoms with Gasteiger partial charge in [-0.25, -0.2) is 9.97 Å². The molecule has 0 aliphatic carbocycles. The summed E-state index contributed by atoms with van der Waals surface area (Å²) in [6, 6.07) is 16.7. The number of carbonyl (C=O) groups is 1. The summed E-state index contributed by atoms with van der Waals surface area (Å²) in [6.07, 6.45) is 6.75. The van der Waals surface area contributed by atoms with Crippen molar-refractivity contribution < 1.29 is 4.79 Å². The molecule has 3 aromatic rings. The van der Waals surface area contributed by atoms with Crippen molar-refractivity contribution in [3.8, 4) is 11.3 Å². The van der Waals surface area contributed by atoms with Crippen molar-refractivity contribution in [2.45, 2.75) is 6.42 Å². The van der Waals surface area contributed by atoms with Crippen LogP contribution in [0, 0.1) is 0 Å². The summed E-state index contributed by atoms with van der Waals surface area (Å²) in [7, 11) is 0. The van der Waals surface area contributed by atoms with E-state index in [1.807, 2.05) is 65.6 Å². The molecule has 2 heterocycles. The van der Waals surface area contributed by atoms with Gasteiger partial charge in [-0.2, -0.15) is 0 Å². The Morgan fingerprint density at radius 3 is 2.50 bits per heavy atom. The Kier molecular flexibility index (Phi) is 5.35. The van der Waals surface area contributed by atoms with E-state index in [1.165, 1.54) is 0 Å². The topological polar surface area (TPSA) is 58.1 Å². The van der Waals surface area contributed by atoms with Gasteiger partial charge in [0.05, 0.1) is 5.69 Å². The summed E-state index contributed by atoms with van der Waals surface area (Å²) in [5.41, 5.74) is 3.27. The maximum Gasteiger partial charge on any atom is 0.254 e. The lowest BCUT2D eigenvalue weighted by atomic mass is 10.1. The molecule has 1 aliphatic rings. The van der Waals surface area contributed by atoms with Crippen molar-refractivity contribution in [3.63, 3.8) is 0 Å². The van der Waals surface area contributed by atoms with Crippen molar-refractivity contribution in [3.05, 3.63) is 83.5 Å². The van der Waals surface area contributed by atoms with Crippen molar-refractivity contribution in [1.29, 1.82) is 0 Å². The molecule has 0 fully saturated rings. The van der Waals surface area contributed by atoms with Crippen molar-refractivity contribution in [2.24, 2.45) is 0 Å². The fourth-order valence-corrected chi connectivity index (χ4v) is 3.16. The standard InChI is InChI=1S/C22H19ClN4O/c23-18-8-4-16(5-9-18)20-12-13-24-22(26-20)25-19-10-6-17(7-11-19)21(28)27-14-2-1-3-15-27/h1-2,4-13H,3,14-15H2,(H,24,25,26). The quantitative estimate of drug-likeness (QED) is 0.641. The summed E-state index contributed by atoms with van der Waals surface area (Å²) in [4.78, 5) is 23.2. The van der Waals surface area contributed by atoms with Crippen LogP contribution in [0.15, 0.2) is 72.9 Å². The molecule has 1 aromatic heterocycles. The number of amides is 1. The fourth-order valence-electron chi connectivity index (χ4n) is 3.03. The van der Waals surface area contributed by atoms with Gasteiger partial charge in [0, 0.05) is 41.1 Å². The molecule has 5 nitrogen and oxygen atoms in total. The van der Waals surface area contributed by atoms with Gasteiger partial charge in [0.25, 0.3) is 5.91 Å². The van der Waals surface area contributed by atoms with E-state index >= 15 is 0 Å².